The Balaban J connectivity index is 1.67. The first kappa shape index (κ1) is 18.5. The fourth-order valence-electron chi connectivity index (χ4n) is 2.88. The third kappa shape index (κ3) is 5.99. The molecule has 2 bridgehead atoms. The molecule has 4 heteroatoms. The number of hydrogen-bond acceptors (Lipinski definition) is 4. The van der Waals surface area contributed by atoms with Crippen LogP contribution in [0.5, 0.6) is 0 Å². The Morgan fingerprint density at radius 1 is 0.708 bits per heavy atom. The lowest BCUT2D eigenvalue weighted by molar-refractivity contribution is -0.0833. The van der Waals surface area contributed by atoms with Crippen LogP contribution in [-0.2, 0) is 9.47 Å². The van der Waals surface area contributed by atoms with Gasteiger partial charge in [0.1, 0.15) is 0 Å². The van der Waals surface area contributed by atoms with E-state index in [0.717, 1.165) is 12.8 Å². The summed E-state index contributed by atoms with van der Waals surface area (Å²) in [5.41, 5.74) is 0.906. The fourth-order valence-corrected chi connectivity index (χ4v) is 2.88. The molecule has 24 heavy (non-hydrogen) atoms. The lowest BCUT2D eigenvalue weighted by Crippen LogP contribution is -2.23. The Morgan fingerprint density at radius 3 is 1.58 bits per heavy atom. The molecule has 0 unspecified atom stereocenters. The third-order valence-corrected chi connectivity index (χ3v) is 4.38. The first-order chi connectivity index (χ1) is 11.7. The molecule has 3 rings (SSSR count). The lowest BCUT2D eigenvalue weighted by atomic mass is 10.1. The molecule has 0 N–H and O–H groups in total. The second-order valence-corrected chi connectivity index (χ2v) is 6.43. The van der Waals surface area contributed by atoms with Gasteiger partial charge in [-0.1, -0.05) is 58.3 Å². The van der Waals surface area contributed by atoms with E-state index in [1.165, 1.54) is 44.9 Å². The van der Waals surface area contributed by atoms with Gasteiger partial charge in [0, 0.05) is 6.42 Å². The molecule has 0 amide bonds. The van der Waals surface area contributed by atoms with E-state index in [9.17, 15) is 9.59 Å². The SMILES string of the molecule is CCCCCCCCCCCC1OC(=O)c2ccc(cc2)C(=O)O1. The lowest BCUT2D eigenvalue weighted by Gasteiger charge is -2.17. The maximum Gasteiger partial charge on any atom is 0.341 e. The van der Waals surface area contributed by atoms with Crippen LogP contribution < -0.4 is 0 Å². The predicted molar refractivity (Wildman–Crippen MR) is 92.9 cm³/mol. The van der Waals surface area contributed by atoms with Crippen molar-refractivity contribution in [2.75, 3.05) is 0 Å². The van der Waals surface area contributed by atoms with Gasteiger partial charge in [0.15, 0.2) is 0 Å². The fraction of sp³-hybridized carbons (Fsp3) is 0.600. The van der Waals surface area contributed by atoms with E-state index in [-0.39, 0.29) is 0 Å². The first-order valence-electron chi connectivity index (χ1n) is 9.22. The molecule has 1 aromatic carbocycles. The summed E-state index contributed by atoms with van der Waals surface area (Å²) >= 11 is 0. The summed E-state index contributed by atoms with van der Waals surface area (Å²) in [6, 6.07) is 6.39. The molecule has 0 fully saturated rings. The van der Waals surface area contributed by atoms with Gasteiger partial charge < -0.3 is 9.47 Å². The Kier molecular flexibility index (Phi) is 7.80. The number of unbranched alkanes of at least 4 members (excludes halogenated alkanes) is 8. The van der Waals surface area contributed by atoms with Crippen LogP contribution in [0.15, 0.2) is 24.3 Å². The summed E-state index contributed by atoms with van der Waals surface area (Å²) in [6.45, 7) is 2.23. The van der Waals surface area contributed by atoms with Crippen LogP contribution >= 0.6 is 0 Å². The van der Waals surface area contributed by atoms with E-state index in [0.29, 0.717) is 17.5 Å². The van der Waals surface area contributed by atoms with E-state index < -0.39 is 18.2 Å². The number of carbonyl (C=O) groups excluding carboxylic acids is 2. The predicted octanol–water partition coefficient (Wildman–Crippen LogP) is 5.26. The Labute approximate surface area is 144 Å². The van der Waals surface area contributed by atoms with Crippen molar-refractivity contribution in [1.82, 2.24) is 0 Å². The van der Waals surface area contributed by atoms with E-state index in [2.05, 4.69) is 6.92 Å². The topological polar surface area (TPSA) is 52.6 Å². The average molecular weight is 332 g/mol. The van der Waals surface area contributed by atoms with Gasteiger partial charge in [0.2, 0.25) is 6.29 Å². The van der Waals surface area contributed by atoms with E-state index in [4.69, 9.17) is 9.47 Å². The normalized spacial score (nSPS) is 14.7. The Bertz CT molecular complexity index is 484. The van der Waals surface area contributed by atoms with Gasteiger partial charge in [0.25, 0.3) is 0 Å². The number of fused-ring (bicyclic) bond motifs is 6. The van der Waals surface area contributed by atoms with Gasteiger partial charge in [0.05, 0.1) is 11.1 Å². The number of rotatable bonds is 10. The summed E-state index contributed by atoms with van der Waals surface area (Å²) in [5, 5.41) is 0. The third-order valence-electron chi connectivity index (χ3n) is 4.38. The van der Waals surface area contributed by atoms with Crippen molar-refractivity contribution in [3.8, 4) is 0 Å². The van der Waals surface area contributed by atoms with E-state index >= 15 is 0 Å². The highest BCUT2D eigenvalue weighted by molar-refractivity contribution is 5.94. The quantitative estimate of drug-likeness (QED) is 0.433. The number of esters is 2. The highest BCUT2D eigenvalue weighted by Gasteiger charge is 2.23. The first-order valence-corrected chi connectivity index (χ1v) is 9.22. The summed E-state index contributed by atoms with van der Waals surface area (Å²) in [5.74, 6) is -0.866. The van der Waals surface area contributed by atoms with Crippen molar-refractivity contribution < 1.29 is 19.1 Å². The molecule has 1 aromatic rings. The minimum absolute atomic E-state index is 0.433. The number of benzene rings is 1. The second-order valence-electron chi connectivity index (χ2n) is 6.43. The summed E-state index contributed by atoms with van der Waals surface area (Å²) in [4.78, 5) is 24.0. The van der Waals surface area contributed by atoms with Gasteiger partial charge >= 0.3 is 11.9 Å². The number of carbonyl (C=O) groups is 2. The second kappa shape index (κ2) is 10.1. The maximum absolute atomic E-state index is 12.0. The zero-order valence-electron chi connectivity index (χ0n) is 14.6. The smallest absolute Gasteiger partial charge is 0.341 e. The monoisotopic (exact) mass is 332 g/mol. The molecule has 0 saturated carbocycles. The molecule has 0 saturated heterocycles. The van der Waals surface area contributed by atoms with Crippen LogP contribution in [0.1, 0.15) is 91.8 Å². The molecule has 4 nitrogen and oxygen atoms in total. The van der Waals surface area contributed by atoms with Crippen LogP contribution in [0.2, 0.25) is 0 Å². The van der Waals surface area contributed by atoms with Gasteiger partial charge in [-0.05, 0) is 30.7 Å². The molecule has 0 aliphatic carbocycles. The van der Waals surface area contributed by atoms with Crippen molar-refractivity contribution in [3.05, 3.63) is 35.4 Å². The van der Waals surface area contributed by atoms with Crippen molar-refractivity contribution in [2.45, 2.75) is 77.4 Å². The number of hydrogen-bond donors (Lipinski definition) is 0. The summed E-state index contributed by atoms with van der Waals surface area (Å²) in [6.07, 6.45) is 10.7. The van der Waals surface area contributed by atoms with Gasteiger partial charge in [-0.25, -0.2) is 9.59 Å². The van der Waals surface area contributed by atoms with E-state index in [1.54, 1.807) is 24.3 Å². The highest BCUT2D eigenvalue weighted by atomic mass is 16.7. The summed E-state index contributed by atoms with van der Waals surface area (Å²) in [7, 11) is 0. The average Bonchev–Trinajstić information content (AvgIpc) is 2.68. The molecule has 2 aliphatic heterocycles. The minimum atomic E-state index is -0.778. The molecular formula is C20H28O4. The summed E-state index contributed by atoms with van der Waals surface area (Å²) < 4.78 is 10.6. The minimum Gasteiger partial charge on any atom is -0.422 e. The molecule has 0 radical (unpaired) electrons. The van der Waals surface area contributed by atoms with Crippen molar-refractivity contribution in [1.29, 1.82) is 0 Å². The number of ether oxygens (including phenoxy) is 2. The van der Waals surface area contributed by atoms with Crippen LogP contribution in [-0.4, -0.2) is 18.2 Å². The molecule has 0 spiro atoms. The van der Waals surface area contributed by atoms with Crippen molar-refractivity contribution in [3.63, 3.8) is 0 Å². The van der Waals surface area contributed by atoms with Gasteiger partial charge in [-0.2, -0.15) is 0 Å². The van der Waals surface area contributed by atoms with Gasteiger partial charge in [-0.3, -0.25) is 0 Å². The molecule has 0 aromatic heterocycles. The zero-order valence-corrected chi connectivity index (χ0v) is 14.6. The van der Waals surface area contributed by atoms with Crippen LogP contribution in [0, 0.1) is 0 Å². The van der Waals surface area contributed by atoms with E-state index in [1.807, 2.05) is 0 Å². The largest absolute Gasteiger partial charge is 0.422 e. The molecule has 2 aliphatic rings. The standard InChI is InChI=1S/C20H28O4/c1-2-3-4-5-6-7-8-9-10-11-18-23-19(21)16-12-13-17(15-14-16)20(22)24-18/h12-15,18H,2-11H2,1H3. The zero-order chi connectivity index (χ0) is 17.2. The van der Waals surface area contributed by atoms with Crippen molar-refractivity contribution in [2.24, 2.45) is 0 Å². The Morgan fingerprint density at radius 2 is 1.12 bits per heavy atom. The molecule has 132 valence electrons. The highest BCUT2D eigenvalue weighted by Crippen LogP contribution is 2.18. The molecule has 2 heterocycles. The van der Waals surface area contributed by atoms with Crippen LogP contribution in [0.25, 0.3) is 0 Å². The Hall–Kier alpha value is -1.84. The maximum atomic E-state index is 12.0. The molecule has 0 atom stereocenters. The van der Waals surface area contributed by atoms with Crippen LogP contribution in [0.4, 0.5) is 0 Å². The van der Waals surface area contributed by atoms with Crippen molar-refractivity contribution >= 4 is 11.9 Å². The van der Waals surface area contributed by atoms with Crippen LogP contribution in [0.3, 0.4) is 0 Å². The van der Waals surface area contributed by atoms with Gasteiger partial charge in [-0.15, -0.1) is 0 Å². The molecular weight excluding hydrogens is 304 g/mol.